The smallest absolute Gasteiger partial charge is 0.0685 e. The monoisotopic (exact) mass is 214 g/mol. The van der Waals surface area contributed by atoms with Crippen LogP contribution in [0.5, 0.6) is 0 Å². The van der Waals surface area contributed by atoms with E-state index in [-0.39, 0.29) is 0 Å². The molecule has 2 fully saturated rings. The third-order valence-electron chi connectivity index (χ3n) is 3.15. The lowest BCUT2D eigenvalue weighted by molar-refractivity contribution is -0.205. The number of morpholine rings is 1. The Morgan fingerprint density at radius 3 is 3.00 bits per heavy atom. The summed E-state index contributed by atoms with van der Waals surface area (Å²) in [6.45, 7) is 6.89. The Morgan fingerprint density at radius 2 is 2.33 bits per heavy atom. The number of nitrogens with one attached hydrogen (secondary N) is 1. The summed E-state index contributed by atoms with van der Waals surface area (Å²) in [4.78, 5) is 5.65. The predicted octanol–water partition coefficient (Wildman–Crippen LogP) is 0.781. The molecule has 0 spiro atoms. The van der Waals surface area contributed by atoms with E-state index in [0.29, 0.717) is 12.1 Å². The van der Waals surface area contributed by atoms with Crippen molar-refractivity contribution in [1.82, 2.24) is 10.4 Å². The van der Waals surface area contributed by atoms with Crippen molar-refractivity contribution in [3.8, 4) is 0 Å². The first-order valence-corrected chi connectivity index (χ1v) is 6.07. The van der Waals surface area contributed by atoms with E-state index in [1.54, 1.807) is 0 Å². The van der Waals surface area contributed by atoms with Crippen molar-refractivity contribution >= 4 is 0 Å². The van der Waals surface area contributed by atoms with Gasteiger partial charge < -0.3 is 10.1 Å². The number of rotatable bonds is 3. The summed E-state index contributed by atoms with van der Waals surface area (Å²) in [5.74, 6) is 0. The van der Waals surface area contributed by atoms with Gasteiger partial charge in [0.05, 0.1) is 19.8 Å². The van der Waals surface area contributed by atoms with E-state index in [9.17, 15) is 0 Å². The molecular weight excluding hydrogens is 192 g/mol. The van der Waals surface area contributed by atoms with E-state index < -0.39 is 0 Å². The van der Waals surface area contributed by atoms with Crippen LogP contribution in [0.25, 0.3) is 0 Å². The molecule has 0 aliphatic carbocycles. The highest BCUT2D eigenvalue weighted by atomic mass is 16.7. The molecule has 2 aliphatic rings. The van der Waals surface area contributed by atoms with Crippen molar-refractivity contribution in [2.45, 2.75) is 38.3 Å². The first-order chi connectivity index (χ1) is 7.36. The van der Waals surface area contributed by atoms with Crippen molar-refractivity contribution in [2.75, 3.05) is 32.9 Å². The van der Waals surface area contributed by atoms with Crippen LogP contribution >= 0.6 is 0 Å². The maximum absolute atomic E-state index is 5.65. The molecule has 2 unspecified atom stereocenters. The normalized spacial score (nSPS) is 31.4. The number of hydroxylamine groups is 2. The van der Waals surface area contributed by atoms with Gasteiger partial charge in [-0.3, -0.25) is 4.84 Å². The van der Waals surface area contributed by atoms with Crippen LogP contribution in [0.15, 0.2) is 0 Å². The van der Waals surface area contributed by atoms with E-state index in [1.165, 1.54) is 12.8 Å². The van der Waals surface area contributed by atoms with Gasteiger partial charge in [-0.15, -0.1) is 0 Å². The summed E-state index contributed by atoms with van der Waals surface area (Å²) >= 11 is 0. The second-order valence-electron chi connectivity index (χ2n) is 4.49. The van der Waals surface area contributed by atoms with Crippen LogP contribution in [0.1, 0.15) is 26.2 Å². The predicted molar refractivity (Wildman–Crippen MR) is 58.6 cm³/mol. The second kappa shape index (κ2) is 5.80. The third kappa shape index (κ3) is 3.41. The first kappa shape index (κ1) is 11.3. The maximum Gasteiger partial charge on any atom is 0.0685 e. The SMILES string of the molecule is CC(CC1COCCN1)N1CCCCO1. The van der Waals surface area contributed by atoms with Gasteiger partial charge in [0.1, 0.15) is 0 Å². The molecule has 2 atom stereocenters. The number of hydrogen-bond acceptors (Lipinski definition) is 4. The lowest BCUT2D eigenvalue weighted by Gasteiger charge is -2.34. The molecule has 0 aromatic rings. The van der Waals surface area contributed by atoms with Crippen LogP contribution in [0, 0.1) is 0 Å². The molecule has 2 rings (SSSR count). The van der Waals surface area contributed by atoms with E-state index in [0.717, 1.165) is 39.3 Å². The molecule has 0 radical (unpaired) electrons. The van der Waals surface area contributed by atoms with Gasteiger partial charge in [0.25, 0.3) is 0 Å². The zero-order valence-corrected chi connectivity index (χ0v) is 9.58. The molecule has 88 valence electrons. The maximum atomic E-state index is 5.65. The molecule has 2 heterocycles. The lowest BCUT2D eigenvalue weighted by Crippen LogP contribution is -2.46. The highest BCUT2D eigenvalue weighted by Crippen LogP contribution is 2.14. The quantitative estimate of drug-likeness (QED) is 0.753. The van der Waals surface area contributed by atoms with Gasteiger partial charge in [-0.2, -0.15) is 5.06 Å². The summed E-state index contributed by atoms with van der Waals surface area (Å²) in [7, 11) is 0. The molecular formula is C11H22N2O2. The van der Waals surface area contributed by atoms with E-state index in [4.69, 9.17) is 9.57 Å². The summed E-state index contributed by atoms with van der Waals surface area (Å²) < 4.78 is 5.45. The molecule has 1 N–H and O–H groups in total. The molecule has 2 aliphatic heterocycles. The minimum atomic E-state index is 0.490. The topological polar surface area (TPSA) is 33.7 Å². The zero-order chi connectivity index (χ0) is 10.5. The molecule has 0 bridgehead atoms. The molecule has 0 aromatic carbocycles. The van der Waals surface area contributed by atoms with Gasteiger partial charge >= 0.3 is 0 Å². The number of ether oxygens (including phenoxy) is 1. The second-order valence-corrected chi connectivity index (χ2v) is 4.49. The van der Waals surface area contributed by atoms with Crippen LogP contribution in [0.3, 0.4) is 0 Å². The van der Waals surface area contributed by atoms with E-state index in [2.05, 4.69) is 17.3 Å². The molecule has 15 heavy (non-hydrogen) atoms. The fraction of sp³-hybridized carbons (Fsp3) is 1.00. The van der Waals surface area contributed by atoms with Crippen LogP contribution in [0.2, 0.25) is 0 Å². The van der Waals surface area contributed by atoms with Crippen molar-refractivity contribution < 1.29 is 9.57 Å². The molecule has 0 saturated carbocycles. The van der Waals surface area contributed by atoms with Crippen molar-refractivity contribution in [3.05, 3.63) is 0 Å². The van der Waals surface area contributed by atoms with Crippen LogP contribution in [0.4, 0.5) is 0 Å². The highest BCUT2D eigenvalue weighted by Gasteiger charge is 2.22. The van der Waals surface area contributed by atoms with Crippen LogP contribution in [-0.4, -0.2) is 50.1 Å². The van der Waals surface area contributed by atoms with Crippen LogP contribution < -0.4 is 5.32 Å². The molecule has 2 saturated heterocycles. The standard InChI is InChI=1S/C11H22N2O2/c1-10(13-5-2-3-6-15-13)8-11-9-14-7-4-12-11/h10-12H,2-9H2,1H3. The fourth-order valence-electron chi connectivity index (χ4n) is 2.26. The van der Waals surface area contributed by atoms with Gasteiger partial charge in [-0.25, -0.2) is 0 Å². The Bertz CT molecular complexity index is 177. The molecule has 4 nitrogen and oxygen atoms in total. The minimum Gasteiger partial charge on any atom is -0.379 e. The summed E-state index contributed by atoms with van der Waals surface area (Å²) in [5.41, 5.74) is 0. The largest absolute Gasteiger partial charge is 0.379 e. The Kier molecular flexibility index (Phi) is 4.38. The summed E-state index contributed by atoms with van der Waals surface area (Å²) in [6, 6.07) is 0.990. The lowest BCUT2D eigenvalue weighted by atomic mass is 10.1. The van der Waals surface area contributed by atoms with Gasteiger partial charge in [-0.1, -0.05) is 0 Å². The van der Waals surface area contributed by atoms with Gasteiger partial charge in [0.2, 0.25) is 0 Å². The highest BCUT2D eigenvalue weighted by molar-refractivity contribution is 4.76. The zero-order valence-electron chi connectivity index (χ0n) is 9.58. The van der Waals surface area contributed by atoms with Crippen LogP contribution in [-0.2, 0) is 9.57 Å². The average molecular weight is 214 g/mol. The van der Waals surface area contributed by atoms with Crippen molar-refractivity contribution in [3.63, 3.8) is 0 Å². The van der Waals surface area contributed by atoms with Gasteiger partial charge in [0.15, 0.2) is 0 Å². The first-order valence-electron chi connectivity index (χ1n) is 6.07. The number of hydrogen-bond donors (Lipinski definition) is 1. The molecule has 0 aromatic heterocycles. The third-order valence-corrected chi connectivity index (χ3v) is 3.15. The van der Waals surface area contributed by atoms with Gasteiger partial charge in [0, 0.05) is 25.2 Å². The Balaban J connectivity index is 1.72. The summed E-state index contributed by atoms with van der Waals surface area (Å²) in [6.07, 6.45) is 3.58. The fourth-order valence-corrected chi connectivity index (χ4v) is 2.26. The van der Waals surface area contributed by atoms with E-state index >= 15 is 0 Å². The number of nitrogens with zero attached hydrogens (tertiary/aromatic N) is 1. The Hall–Kier alpha value is -0.160. The summed E-state index contributed by atoms with van der Waals surface area (Å²) in [5, 5.41) is 5.62. The average Bonchev–Trinajstić information content (AvgIpc) is 2.31. The Labute approximate surface area is 91.9 Å². The van der Waals surface area contributed by atoms with Crippen molar-refractivity contribution in [2.24, 2.45) is 0 Å². The molecule has 4 heteroatoms. The van der Waals surface area contributed by atoms with Crippen molar-refractivity contribution in [1.29, 1.82) is 0 Å². The Morgan fingerprint density at radius 1 is 1.40 bits per heavy atom. The van der Waals surface area contributed by atoms with Gasteiger partial charge in [-0.05, 0) is 26.2 Å². The minimum absolute atomic E-state index is 0.490. The van der Waals surface area contributed by atoms with E-state index in [1.807, 2.05) is 0 Å². The molecule has 0 amide bonds.